The fourth-order valence-electron chi connectivity index (χ4n) is 3.94. The van der Waals surface area contributed by atoms with Gasteiger partial charge in [0.05, 0.1) is 6.10 Å². The van der Waals surface area contributed by atoms with E-state index in [1.54, 1.807) is 6.20 Å². The highest BCUT2D eigenvalue weighted by Crippen LogP contribution is 2.28. The number of aliphatic hydroxyl groups excluding tert-OH is 1. The van der Waals surface area contributed by atoms with E-state index in [-0.39, 0.29) is 6.10 Å². The number of anilines is 1. The molecule has 0 aliphatic carbocycles. The van der Waals surface area contributed by atoms with E-state index in [0.29, 0.717) is 12.6 Å². The molecule has 162 valence electrons. The maximum absolute atomic E-state index is 10.6. The zero-order chi connectivity index (χ0) is 21.7. The first kappa shape index (κ1) is 22.3. The zero-order valence-electron chi connectivity index (χ0n) is 18.9. The van der Waals surface area contributed by atoms with Gasteiger partial charge < -0.3 is 20.1 Å². The predicted octanol–water partition coefficient (Wildman–Crippen LogP) is 4.55. The molecule has 5 nitrogen and oxygen atoms in total. The molecule has 3 rings (SSSR count). The standard InChI is InChI=1S/C25H35N3O2/c1-6-19(5)28(17(2)3)25-12-9-21(14-27-25)23(29)16-26-15-22-10-8-20-13-18(4)7-11-24(20)30-22/h6-7,9,11-14,17,22-23,26,29H,8,10,15-16H2,1-5H3/b19-6-. The molecule has 0 fully saturated rings. The first-order chi connectivity index (χ1) is 14.4. The largest absolute Gasteiger partial charge is 0.489 e. The van der Waals surface area contributed by atoms with Gasteiger partial charge in [0.15, 0.2) is 0 Å². The van der Waals surface area contributed by atoms with Crippen LogP contribution in [-0.2, 0) is 6.42 Å². The van der Waals surface area contributed by atoms with E-state index in [4.69, 9.17) is 4.74 Å². The molecule has 2 aromatic rings. The molecule has 2 N–H and O–H groups in total. The Hall–Kier alpha value is -2.37. The molecule has 1 aliphatic heterocycles. The molecule has 5 heteroatoms. The van der Waals surface area contributed by atoms with Gasteiger partial charge in [-0.25, -0.2) is 4.98 Å². The molecular weight excluding hydrogens is 374 g/mol. The summed E-state index contributed by atoms with van der Waals surface area (Å²) < 4.78 is 6.10. The molecule has 2 unspecified atom stereocenters. The fraction of sp³-hybridized carbons (Fsp3) is 0.480. The van der Waals surface area contributed by atoms with Crippen molar-refractivity contribution in [1.29, 1.82) is 0 Å². The van der Waals surface area contributed by atoms with Crippen molar-refractivity contribution >= 4 is 5.82 Å². The van der Waals surface area contributed by atoms with Gasteiger partial charge in [0.2, 0.25) is 0 Å². The van der Waals surface area contributed by atoms with E-state index in [9.17, 15) is 5.11 Å². The van der Waals surface area contributed by atoms with Gasteiger partial charge in [-0.2, -0.15) is 0 Å². The summed E-state index contributed by atoms with van der Waals surface area (Å²) in [6.07, 6.45) is 5.42. The molecule has 30 heavy (non-hydrogen) atoms. The van der Waals surface area contributed by atoms with Crippen molar-refractivity contribution < 1.29 is 9.84 Å². The highest BCUT2D eigenvalue weighted by atomic mass is 16.5. The summed E-state index contributed by atoms with van der Waals surface area (Å²) in [7, 11) is 0. The molecule has 0 radical (unpaired) electrons. The zero-order valence-corrected chi connectivity index (χ0v) is 18.9. The van der Waals surface area contributed by atoms with Crippen LogP contribution in [0, 0.1) is 6.92 Å². The summed E-state index contributed by atoms with van der Waals surface area (Å²) in [4.78, 5) is 6.78. The van der Waals surface area contributed by atoms with Crippen LogP contribution in [-0.4, -0.2) is 35.3 Å². The van der Waals surface area contributed by atoms with Gasteiger partial charge in [0.25, 0.3) is 0 Å². The van der Waals surface area contributed by atoms with Gasteiger partial charge in [-0.05, 0) is 65.2 Å². The molecule has 1 aromatic carbocycles. The molecular formula is C25H35N3O2. The van der Waals surface area contributed by atoms with Gasteiger partial charge in [-0.1, -0.05) is 29.8 Å². The summed E-state index contributed by atoms with van der Waals surface area (Å²) in [5.41, 5.74) is 4.55. The second-order valence-corrected chi connectivity index (χ2v) is 8.41. The second kappa shape index (κ2) is 10.1. The molecule has 0 amide bonds. The first-order valence-corrected chi connectivity index (χ1v) is 10.9. The van der Waals surface area contributed by atoms with Crippen LogP contribution < -0.4 is 15.0 Å². The number of aliphatic hydroxyl groups is 1. The van der Waals surface area contributed by atoms with Crippen LogP contribution in [0.15, 0.2) is 48.3 Å². The normalized spacial score (nSPS) is 17.4. The number of rotatable bonds is 8. The lowest BCUT2D eigenvalue weighted by Crippen LogP contribution is -2.36. The fourth-order valence-corrected chi connectivity index (χ4v) is 3.94. The van der Waals surface area contributed by atoms with E-state index in [1.807, 2.05) is 19.1 Å². The van der Waals surface area contributed by atoms with Crippen LogP contribution in [0.25, 0.3) is 0 Å². The lowest BCUT2D eigenvalue weighted by Gasteiger charge is -2.29. The summed E-state index contributed by atoms with van der Waals surface area (Å²) >= 11 is 0. The number of pyridine rings is 1. The Kier molecular flexibility index (Phi) is 7.51. The maximum Gasteiger partial charge on any atom is 0.132 e. The van der Waals surface area contributed by atoms with E-state index in [0.717, 1.165) is 42.2 Å². The Morgan fingerprint density at radius 1 is 1.33 bits per heavy atom. The lowest BCUT2D eigenvalue weighted by molar-refractivity contribution is 0.146. The minimum Gasteiger partial charge on any atom is -0.489 e. The Bertz CT molecular complexity index is 861. The van der Waals surface area contributed by atoms with Crippen LogP contribution in [0.2, 0.25) is 0 Å². The molecule has 2 heterocycles. The number of fused-ring (bicyclic) bond motifs is 1. The Labute approximate surface area is 180 Å². The number of hydrogen-bond donors (Lipinski definition) is 2. The second-order valence-electron chi connectivity index (χ2n) is 8.41. The van der Waals surface area contributed by atoms with Crippen LogP contribution in [0.1, 0.15) is 56.9 Å². The van der Waals surface area contributed by atoms with Crippen molar-refractivity contribution in [3.8, 4) is 5.75 Å². The molecule has 1 aliphatic rings. The number of benzene rings is 1. The number of hydrogen-bond acceptors (Lipinski definition) is 5. The highest BCUT2D eigenvalue weighted by molar-refractivity contribution is 5.47. The van der Waals surface area contributed by atoms with E-state index in [2.05, 4.69) is 67.2 Å². The summed E-state index contributed by atoms with van der Waals surface area (Å²) in [6, 6.07) is 10.6. The monoisotopic (exact) mass is 409 g/mol. The van der Waals surface area contributed by atoms with E-state index >= 15 is 0 Å². The van der Waals surface area contributed by atoms with E-state index < -0.39 is 6.10 Å². The van der Waals surface area contributed by atoms with Gasteiger partial charge >= 0.3 is 0 Å². The Morgan fingerprint density at radius 2 is 2.13 bits per heavy atom. The molecule has 2 atom stereocenters. The van der Waals surface area contributed by atoms with Gasteiger partial charge in [0.1, 0.15) is 17.7 Å². The lowest BCUT2D eigenvalue weighted by atomic mass is 10.0. The maximum atomic E-state index is 10.6. The molecule has 0 saturated heterocycles. The number of aromatic nitrogens is 1. The quantitative estimate of drug-likeness (QED) is 0.670. The highest BCUT2D eigenvalue weighted by Gasteiger charge is 2.20. The van der Waals surface area contributed by atoms with Crippen molar-refractivity contribution in [2.24, 2.45) is 0 Å². The Balaban J connectivity index is 1.52. The van der Waals surface area contributed by atoms with Crippen LogP contribution in [0.3, 0.4) is 0 Å². The number of nitrogens with one attached hydrogen (secondary N) is 1. The SMILES string of the molecule is C/C=C(/C)N(c1ccc(C(O)CNCC2CCc3cc(C)ccc3O2)cn1)C(C)C. The van der Waals surface area contributed by atoms with Crippen LogP contribution in [0.4, 0.5) is 5.82 Å². The minimum absolute atomic E-state index is 0.135. The third kappa shape index (κ3) is 5.41. The number of aryl methyl sites for hydroxylation is 2. The van der Waals surface area contributed by atoms with Gasteiger partial charge in [0, 0.05) is 36.6 Å². The smallest absolute Gasteiger partial charge is 0.132 e. The Morgan fingerprint density at radius 3 is 2.80 bits per heavy atom. The predicted molar refractivity (Wildman–Crippen MR) is 123 cm³/mol. The molecule has 0 bridgehead atoms. The van der Waals surface area contributed by atoms with E-state index in [1.165, 1.54) is 11.1 Å². The van der Waals surface area contributed by atoms with Crippen LogP contribution in [0.5, 0.6) is 5.75 Å². The van der Waals surface area contributed by atoms with Gasteiger partial charge in [-0.3, -0.25) is 0 Å². The van der Waals surface area contributed by atoms with Crippen molar-refractivity contribution in [3.05, 3.63) is 65.0 Å². The summed E-state index contributed by atoms with van der Waals surface area (Å²) in [6.45, 7) is 11.7. The first-order valence-electron chi connectivity index (χ1n) is 10.9. The van der Waals surface area contributed by atoms with Crippen molar-refractivity contribution in [2.45, 2.75) is 65.7 Å². The van der Waals surface area contributed by atoms with Crippen molar-refractivity contribution in [2.75, 3.05) is 18.0 Å². The van der Waals surface area contributed by atoms with Crippen LogP contribution >= 0.6 is 0 Å². The third-order valence-corrected chi connectivity index (χ3v) is 5.67. The van der Waals surface area contributed by atoms with Crippen molar-refractivity contribution in [3.63, 3.8) is 0 Å². The summed E-state index contributed by atoms with van der Waals surface area (Å²) in [5, 5.41) is 13.9. The summed E-state index contributed by atoms with van der Waals surface area (Å²) in [5.74, 6) is 1.89. The third-order valence-electron chi connectivity index (χ3n) is 5.67. The van der Waals surface area contributed by atoms with Gasteiger partial charge in [-0.15, -0.1) is 0 Å². The average Bonchev–Trinajstić information content (AvgIpc) is 2.74. The van der Waals surface area contributed by atoms with Crippen molar-refractivity contribution in [1.82, 2.24) is 10.3 Å². The average molecular weight is 410 g/mol. The topological polar surface area (TPSA) is 57.6 Å². The number of nitrogens with zero attached hydrogens (tertiary/aromatic N) is 2. The number of allylic oxidation sites excluding steroid dienone is 2. The molecule has 0 spiro atoms. The minimum atomic E-state index is -0.597. The molecule has 1 aromatic heterocycles. The number of ether oxygens (including phenoxy) is 1. The molecule has 0 saturated carbocycles.